The molecule has 77 heavy (non-hydrogen) atoms. The van der Waals surface area contributed by atoms with Crippen molar-refractivity contribution in [3.8, 4) is 0 Å². The van der Waals surface area contributed by atoms with Gasteiger partial charge in [-0.05, 0) is 44.9 Å². The second-order valence-corrected chi connectivity index (χ2v) is 20.4. The molecule has 12 N–H and O–H groups in total. The molecule has 0 aromatic carbocycles. The summed E-state index contributed by atoms with van der Waals surface area (Å²) in [7, 11) is 0. The van der Waals surface area contributed by atoms with Crippen LogP contribution < -0.4 is 5.32 Å². The van der Waals surface area contributed by atoms with Crippen LogP contribution in [0.5, 0.6) is 0 Å². The molecule has 17 atom stereocenters. The predicted octanol–water partition coefficient (Wildman–Crippen LogP) is 4.26. The quantitative estimate of drug-likeness (QED) is 0.0301. The molecule has 0 aromatic heterocycles. The third-order valence-electron chi connectivity index (χ3n) is 14.0. The molecule has 0 bridgehead atoms. The van der Waals surface area contributed by atoms with Gasteiger partial charge >= 0.3 is 0 Å². The minimum Gasteiger partial charge on any atom is -0.394 e. The Kier molecular flexibility index (Phi) is 36.7. The summed E-state index contributed by atoms with van der Waals surface area (Å²) < 4.78 is 34.1. The van der Waals surface area contributed by atoms with Crippen LogP contribution in [0.4, 0.5) is 0 Å². The SMILES string of the molecule is CC/C=C\C/C=C\C/C=C\C/C=C\C/C=C\CC(=O)NC(COC1OC(CO)C(OC2OC(CO)C(OC3OC(CO)C(O)C(O)C3O)C(O)C2O)C(O)C1O)C(O)/C=C/CCCCCCCCCCCCCCCCC. The minimum absolute atomic E-state index is 0.00794. The van der Waals surface area contributed by atoms with Crippen LogP contribution in [-0.4, -0.2) is 193 Å². The Morgan fingerprint density at radius 1 is 0.481 bits per heavy atom. The molecule has 0 aliphatic carbocycles. The summed E-state index contributed by atoms with van der Waals surface area (Å²) in [4.78, 5) is 13.2. The molecule has 0 aromatic rings. The number of amides is 1. The van der Waals surface area contributed by atoms with E-state index >= 15 is 0 Å². The van der Waals surface area contributed by atoms with E-state index in [4.69, 9.17) is 28.4 Å². The number of ether oxygens (including phenoxy) is 6. The van der Waals surface area contributed by atoms with Crippen molar-refractivity contribution in [3.63, 3.8) is 0 Å². The molecule has 1 amide bonds. The number of carbonyl (C=O) groups is 1. The number of unbranched alkanes of at least 4 members (excludes halogenated alkanes) is 15. The Labute approximate surface area is 458 Å². The number of hydrogen-bond donors (Lipinski definition) is 12. The maximum atomic E-state index is 13.2. The van der Waals surface area contributed by atoms with E-state index in [-0.39, 0.29) is 6.42 Å². The molecule has 17 unspecified atom stereocenters. The second kappa shape index (κ2) is 41.3. The molecular weight excluding hydrogens is 999 g/mol. The highest BCUT2D eigenvalue weighted by Gasteiger charge is 2.53. The van der Waals surface area contributed by atoms with E-state index in [9.17, 15) is 61.0 Å². The lowest BCUT2D eigenvalue weighted by atomic mass is 9.96. The van der Waals surface area contributed by atoms with Gasteiger partial charge in [0, 0.05) is 6.42 Å². The first kappa shape index (κ1) is 68.5. The van der Waals surface area contributed by atoms with Crippen molar-refractivity contribution in [2.24, 2.45) is 0 Å². The van der Waals surface area contributed by atoms with Crippen molar-refractivity contribution in [1.82, 2.24) is 5.32 Å². The highest BCUT2D eigenvalue weighted by Crippen LogP contribution is 2.33. The molecule has 19 nitrogen and oxygen atoms in total. The molecule has 0 saturated carbocycles. The molecule has 3 fully saturated rings. The molecule has 3 rings (SSSR count). The number of aliphatic hydroxyl groups is 11. The van der Waals surface area contributed by atoms with Crippen molar-refractivity contribution in [3.05, 3.63) is 72.9 Å². The van der Waals surface area contributed by atoms with Gasteiger partial charge in [-0.15, -0.1) is 0 Å². The zero-order valence-electron chi connectivity index (χ0n) is 45.9. The van der Waals surface area contributed by atoms with Crippen LogP contribution in [-0.2, 0) is 33.2 Å². The molecule has 3 heterocycles. The van der Waals surface area contributed by atoms with Crippen molar-refractivity contribution < 1.29 is 89.4 Å². The summed E-state index contributed by atoms with van der Waals surface area (Å²) in [5, 5.41) is 120. The lowest BCUT2D eigenvalue weighted by Gasteiger charge is -2.48. The monoisotopic (exact) mass is 1100 g/mol. The van der Waals surface area contributed by atoms with Gasteiger partial charge in [0.15, 0.2) is 18.9 Å². The van der Waals surface area contributed by atoms with Crippen LogP contribution in [0, 0.1) is 0 Å². The van der Waals surface area contributed by atoms with Crippen molar-refractivity contribution in [2.45, 2.75) is 259 Å². The van der Waals surface area contributed by atoms with E-state index in [1.54, 1.807) is 12.2 Å². The van der Waals surface area contributed by atoms with Crippen LogP contribution in [0.25, 0.3) is 0 Å². The van der Waals surface area contributed by atoms with Gasteiger partial charge in [0.05, 0.1) is 38.6 Å². The summed E-state index contributed by atoms with van der Waals surface area (Å²) in [5.41, 5.74) is 0. The lowest BCUT2D eigenvalue weighted by Crippen LogP contribution is -2.66. The van der Waals surface area contributed by atoms with Crippen molar-refractivity contribution in [1.29, 1.82) is 0 Å². The molecule has 0 radical (unpaired) electrons. The third kappa shape index (κ3) is 25.7. The summed E-state index contributed by atoms with van der Waals surface area (Å²) in [5.74, 6) is -0.406. The molecule has 444 valence electrons. The standard InChI is InChI=1S/C58H99NO18/c1-3-5-7-9-11-13-15-17-19-20-22-23-25-27-29-31-33-35-42(63)41(59-46(64)36-34-32-30-28-26-24-21-18-16-14-12-10-8-6-4-2)40-72-56-52(70)49(67)54(44(38-61)74-56)77-58-53(71)50(68)55(45(39-62)75-58)76-57-51(69)48(66)47(65)43(37-60)73-57/h6,8,12,14,18,21,26,28,32-35,41-45,47-58,60-63,65-71H,3-5,7,9-11,13,15-17,19-20,22-25,27,29-31,36-40H2,1-2H3,(H,59,64)/b8-6-,14-12-,21-18-,28-26-,34-32-,35-33+. The highest BCUT2D eigenvalue weighted by atomic mass is 16.8. The van der Waals surface area contributed by atoms with Gasteiger partial charge in [0.2, 0.25) is 5.91 Å². The van der Waals surface area contributed by atoms with Crippen LogP contribution >= 0.6 is 0 Å². The van der Waals surface area contributed by atoms with Gasteiger partial charge in [-0.2, -0.15) is 0 Å². The first-order valence-corrected chi connectivity index (χ1v) is 28.7. The Hall–Kier alpha value is -2.77. The van der Waals surface area contributed by atoms with Gasteiger partial charge in [-0.3, -0.25) is 4.79 Å². The number of rotatable bonds is 40. The summed E-state index contributed by atoms with van der Waals surface area (Å²) in [6.45, 7) is 1.51. The second-order valence-electron chi connectivity index (χ2n) is 20.4. The Balaban J connectivity index is 1.56. The largest absolute Gasteiger partial charge is 0.394 e. The zero-order chi connectivity index (χ0) is 56.2. The fraction of sp³-hybridized carbons (Fsp3) is 0.776. The van der Waals surface area contributed by atoms with Crippen molar-refractivity contribution in [2.75, 3.05) is 26.4 Å². The number of aliphatic hydroxyl groups excluding tert-OH is 11. The maximum Gasteiger partial charge on any atom is 0.224 e. The Morgan fingerprint density at radius 2 is 0.883 bits per heavy atom. The minimum atomic E-state index is -1.99. The Morgan fingerprint density at radius 3 is 1.35 bits per heavy atom. The molecule has 3 aliphatic heterocycles. The molecule has 3 aliphatic rings. The van der Waals surface area contributed by atoms with Gasteiger partial charge in [0.1, 0.15) is 73.2 Å². The fourth-order valence-corrected chi connectivity index (χ4v) is 9.32. The lowest BCUT2D eigenvalue weighted by molar-refractivity contribution is -0.379. The van der Waals surface area contributed by atoms with Crippen LogP contribution in [0.1, 0.15) is 155 Å². The average Bonchev–Trinajstić information content (AvgIpc) is 3.43. The number of hydrogen-bond acceptors (Lipinski definition) is 18. The molecular formula is C58H99NO18. The first-order valence-electron chi connectivity index (χ1n) is 28.7. The highest BCUT2D eigenvalue weighted by molar-refractivity contribution is 5.77. The summed E-state index contributed by atoms with van der Waals surface area (Å²) >= 11 is 0. The van der Waals surface area contributed by atoms with E-state index in [2.05, 4.69) is 55.6 Å². The maximum absolute atomic E-state index is 13.2. The van der Waals surface area contributed by atoms with E-state index in [1.165, 1.54) is 77.0 Å². The number of carbonyl (C=O) groups excluding carboxylic acids is 1. The fourth-order valence-electron chi connectivity index (χ4n) is 9.32. The number of allylic oxidation sites excluding steroid dienone is 10. The zero-order valence-corrected chi connectivity index (χ0v) is 45.9. The van der Waals surface area contributed by atoms with E-state index in [0.29, 0.717) is 12.8 Å². The average molecular weight is 1100 g/mol. The van der Waals surface area contributed by atoms with Gasteiger partial charge in [-0.1, -0.05) is 177 Å². The topological polar surface area (TPSA) is 307 Å². The first-order chi connectivity index (χ1) is 37.3. The molecule has 19 heteroatoms. The van der Waals surface area contributed by atoms with Gasteiger partial charge in [0.25, 0.3) is 0 Å². The van der Waals surface area contributed by atoms with Crippen LogP contribution in [0.2, 0.25) is 0 Å². The van der Waals surface area contributed by atoms with Crippen LogP contribution in [0.3, 0.4) is 0 Å². The third-order valence-corrected chi connectivity index (χ3v) is 14.0. The number of nitrogens with one attached hydrogen (secondary N) is 1. The van der Waals surface area contributed by atoms with Gasteiger partial charge < -0.3 is 89.9 Å². The van der Waals surface area contributed by atoms with Crippen LogP contribution in [0.15, 0.2) is 72.9 Å². The van der Waals surface area contributed by atoms with E-state index in [0.717, 1.165) is 44.9 Å². The Bertz CT molecular complexity index is 1690. The van der Waals surface area contributed by atoms with E-state index < -0.39 is 137 Å². The van der Waals surface area contributed by atoms with Gasteiger partial charge in [-0.25, -0.2) is 0 Å². The predicted molar refractivity (Wildman–Crippen MR) is 291 cm³/mol. The molecule has 0 spiro atoms. The normalized spacial score (nSPS) is 31.3. The summed E-state index contributed by atoms with van der Waals surface area (Å²) in [6, 6.07) is -1.03. The smallest absolute Gasteiger partial charge is 0.224 e. The van der Waals surface area contributed by atoms with Crippen molar-refractivity contribution >= 4 is 5.91 Å². The summed E-state index contributed by atoms with van der Waals surface area (Å²) in [6.07, 6.45) is 20.6. The molecule has 3 saturated heterocycles. The van der Waals surface area contributed by atoms with E-state index in [1.807, 2.05) is 24.3 Å².